The Bertz CT molecular complexity index is 1120. The number of nitrogens with one attached hydrogen (secondary N) is 2. The number of aromatic nitrogens is 4. The van der Waals surface area contributed by atoms with E-state index in [1.165, 1.54) is 18.2 Å². The van der Waals surface area contributed by atoms with Crippen molar-refractivity contribution in [1.29, 1.82) is 0 Å². The van der Waals surface area contributed by atoms with E-state index in [4.69, 9.17) is 11.6 Å². The molecule has 162 valence electrons. The Kier molecular flexibility index (Phi) is 4.86. The number of benzene rings is 1. The van der Waals surface area contributed by atoms with E-state index < -0.39 is 11.4 Å². The van der Waals surface area contributed by atoms with E-state index in [-0.39, 0.29) is 16.8 Å². The van der Waals surface area contributed by atoms with Gasteiger partial charge in [-0.1, -0.05) is 11.6 Å². The third-order valence-electron chi connectivity index (χ3n) is 6.76. The Morgan fingerprint density at radius 1 is 1.32 bits per heavy atom. The minimum absolute atomic E-state index is 0.0453. The molecule has 7 nitrogen and oxygen atoms in total. The topological polar surface area (TPSA) is 95.8 Å². The number of aromatic amines is 1. The molecule has 2 saturated carbocycles. The maximum Gasteiger partial charge on any atom is 0.274 e. The predicted octanol–water partition coefficient (Wildman–Crippen LogP) is 3.98. The number of hydrogen-bond donors (Lipinski definition) is 3. The van der Waals surface area contributed by atoms with Crippen molar-refractivity contribution in [3.05, 3.63) is 64.7 Å². The highest BCUT2D eigenvalue weighted by molar-refractivity contribution is 6.31. The SMILES string of the molecule is Cn1cnc(C2CC3CC(O)(c4cc[nH]n4)CC3C2)c1C(=O)Nc1ccc(F)c(Cl)c1. The minimum atomic E-state index is -0.882. The first-order chi connectivity index (χ1) is 14.8. The molecule has 2 fully saturated rings. The number of amides is 1. The van der Waals surface area contributed by atoms with Crippen molar-refractivity contribution < 1.29 is 14.3 Å². The molecule has 0 spiro atoms. The first kappa shape index (κ1) is 20.2. The van der Waals surface area contributed by atoms with Crippen molar-refractivity contribution >= 4 is 23.2 Å². The summed E-state index contributed by atoms with van der Waals surface area (Å²) < 4.78 is 15.1. The van der Waals surface area contributed by atoms with E-state index in [2.05, 4.69) is 20.5 Å². The fourth-order valence-electron chi connectivity index (χ4n) is 5.40. The van der Waals surface area contributed by atoms with E-state index in [1.807, 2.05) is 6.07 Å². The number of aliphatic hydroxyl groups is 1. The van der Waals surface area contributed by atoms with Crippen molar-refractivity contribution in [2.24, 2.45) is 18.9 Å². The molecular formula is C22H23ClFN5O2. The Hall–Kier alpha value is -2.71. The number of rotatable bonds is 4. The number of H-pyrrole nitrogens is 1. The zero-order valence-electron chi connectivity index (χ0n) is 17.0. The van der Waals surface area contributed by atoms with Crippen LogP contribution in [0.2, 0.25) is 5.02 Å². The van der Waals surface area contributed by atoms with Crippen LogP contribution in [0, 0.1) is 17.7 Å². The first-order valence-corrected chi connectivity index (χ1v) is 10.7. The molecule has 2 atom stereocenters. The summed E-state index contributed by atoms with van der Waals surface area (Å²) in [5.41, 5.74) is 1.51. The molecule has 1 aromatic carbocycles. The van der Waals surface area contributed by atoms with E-state index >= 15 is 0 Å². The van der Waals surface area contributed by atoms with Crippen LogP contribution in [-0.2, 0) is 12.6 Å². The lowest BCUT2D eigenvalue weighted by atomic mass is 9.90. The summed E-state index contributed by atoms with van der Waals surface area (Å²) in [5, 5.41) is 20.8. The molecule has 0 bridgehead atoms. The van der Waals surface area contributed by atoms with Crippen LogP contribution in [-0.4, -0.2) is 30.8 Å². The molecule has 0 aliphatic heterocycles. The van der Waals surface area contributed by atoms with Gasteiger partial charge in [0.15, 0.2) is 0 Å². The lowest BCUT2D eigenvalue weighted by molar-refractivity contribution is 0.0300. The normalized spacial score (nSPS) is 27.4. The van der Waals surface area contributed by atoms with Crippen LogP contribution >= 0.6 is 11.6 Å². The quantitative estimate of drug-likeness (QED) is 0.568. The summed E-state index contributed by atoms with van der Waals surface area (Å²) in [4.78, 5) is 17.6. The number of anilines is 1. The van der Waals surface area contributed by atoms with E-state index in [1.54, 1.807) is 24.1 Å². The summed E-state index contributed by atoms with van der Waals surface area (Å²) in [5.74, 6) is 0.0366. The number of nitrogens with zero attached hydrogens (tertiary/aromatic N) is 3. The minimum Gasteiger partial charge on any atom is -0.383 e. The number of imidazole rings is 1. The largest absolute Gasteiger partial charge is 0.383 e. The average molecular weight is 444 g/mol. The van der Waals surface area contributed by atoms with Gasteiger partial charge >= 0.3 is 0 Å². The fourth-order valence-corrected chi connectivity index (χ4v) is 5.58. The third-order valence-corrected chi connectivity index (χ3v) is 7.05. The van der Waals surface area contributed by atoms with Crippen molar-refractivity contribution in [3.63, 3.8) is 0 Å². The van der Waals surface area contributed by atoms with Crippen molar-refractivity contribution in [3.8, 4) is 0 Å². The molecule has 9 heteroatoms. The second-order valence-electron chi connectivity index (χ2n) is 8.76. The van der Waals surface area contributed by atoms with E-state index in [0.717, 1.165) is 18.5 Å². The molecule has 2 aromatic heterocycles. The van der Waals surface area contributed by atoms with Crippen LogP contribution < -0.4 is 5.32 Å². The molecule has 3 N–H and O–H groups in total. The smallest absolute Gasteiger partial charge is 0.274 e. The van der Waals surface area contributed by atoms with Gasteiger partial charge in [0.05, 0.1) is 22.7 Å². The lowest BCUT2D eigenvalue weighted by Crippen LogP contribution is -2.24. The molecule has 2 aliphatic carbocycles. The molecule has 31 heavy (non-hydrogen) atoms. The van der Waals surface area contributed by atoms with Crippen LogP contribution in [0.3, 0.4) is 0 Å². The maximum atomic E-state index is 13.4. The molecule has 3 aromatic rings. The number of aryl methyl sites for hydroxylation is 1. The molecule has 0 saturated heterocycles. The van der Waals surface area contributed by atoms with Crippen molar-refractivity contribution in [1.82, 2.24) is 19.7 Å². The molecule has 5 rings (SSSR count). The van der Waals surface area contributed by atoms with Gasteiger partial charge in [0.25, 0.3) is 5.91 Å². The Labute approximate surface area is 183 Å². The monoisotopic (exact) mass is 443 g/mol. The second kappa shape index (κ2) is 7.46. The number of fused-ring (bicyclic) bond motifs is 1. The second-order valence-corrected chi connectivity index (χ2v) is 9.17. The van der Waals surface area contributed by atoms with Crippen LogP contribution in [0.25, 0.3) is 0 Å². The number of hydrogen-bond acceptors (Lipinski definition) is 4. The molecule has 2 unspecified atom stereocenters. The Morgan fingerprint density at radius 3 is 2.71 bits per heavy atom. The fraction of sp³-hybridized carbons (Fsp3) is 0.409. The lowest BCUT2D eigenvalue weighted by Gasteiger charge is -2.22. The predicted molar refractivity (Wildman–Crippen MR) is 113 cm³/mol. The first-order valence-electron chi connectivity index (χ1n) is 10.3. The molecule has 0 radical (unpaired) electrons. The van der Waals surface area contributed by atoms with Gasteiger partial charge < -0.3 is 15.0 Å². The molecule has 2 aliphatic rings. The summed E-state index contributed by atoms with van der Waals surface area (Å²) in [7, 11) is 1.79. The van der Waals surface area contributed by atoms with Crippen LogP contribution in [0.15, 0.2) is 36.8 Å². The highest BCUT2D eigenvalue weighted by Crippen LogP contribution is 2.56. The molecular weight excluding hydrogens is 421 g/mol. The van der Waals surface area contributed by atoms with E-state index in [9.17, 15) is 14.3 Å². The maximum absolute atomic E-state index is 13.4. The molecule has 1 amide bonds. The highest BCUT2D eigenvalue weighted by atomic mass is 35.5. The summed E-state index contributed by atoms with van der Waals surface area (Å²) in [6.07, 6.45) is 6.46. The van der Waals surface area contributed by atoms with Crippen molar-refractivity contribution in [2.45, 2.75) is 37.2 Å². The number of carbonyl (C=O) groups excluding carboxylic acids is 1. The van der Waals surface area contributed by atoms with Gasteiger partial charge in [-0.2, -0.15) is 5.10 Å². The van der Waals surface area contributed by atoms with Gasteiger partial charge in [-0.05, 0) is 61.8 Å². The van der Waals surface area contributed by atoms with Gasteiger partial charge in [0, 0.05) is 24.8 Å². The summed E-state index contributed by atoms with van der Waals surface area (Å²) in [6.45, 7) is 0. The number of halogens is 2. The highest BCUT2D eigenvalue weighted by Gasteiger charge is 2.51. The third kappa shape index (κ3) is 3.53. The zero-order valence-corrected chi connectivity index (χ0v) is 17.7. The van der Waals surface area contributed by atoms with Gasteiger partial charge in [0.2, 0.25) is 0 Å². The average Bonchev–Trinajstić information content (AvgIpc) is 3.47. The van der Waals surface area contributed by atoms with Gasteiger partial charge in [-0.3, -0.25) is 9.89 Å². The van der Waals surface area contributed by atoms with Gasteiger partial charge in [0.1, 0.15) is 17.1 Å². The molecule has 2 heterocycles. The Morgan fingerprint density at radius 2 is 2.06 bits per heavy atom. The standard InChI is InChI=1S/C22H23ClFN5O2/c1-29-11-25-19(20(29)21(30)27-15-2-3-17(24)16(23)8-15)12-6-13-9-22(31,10-14(13)7-12)18-4-5-26-28-18/h2-5,8,11-14,31H,6-7,9-10H2,1H3,(H,26,28)(H,27,30). The van der Waals surface area contributed by atoms with Gasteiger partial charge in [-0.15, -0.1) is 0 Å². The summed E-state index contributed by atoms with van der Waals surface area (Å²) in [6, 6.07) is 5.92. The summed E-state index contributed by atoms with van der Waals surface area (Å²) >= 11 is 5.83. The van der Waals surface area contributed by atoms with Crippen molar-refractivity contribution in [2.75, 3.05) is 5.32 Å². The van der Waals surface area contributed by atoms with Gasteiger partial charge in [-0.25, -0.2) is 9.37 Å². The zero-order chi connectivity index (χ0) is 21.8. The van der Waals surface area contributed by atoms with Crippen LogP contribution in [0.5, 0.6) is 0 Å². The number of carbonyl (C=O) groups is 1. The Balaban J connectivity index is 1.33. The van der Waals surface area contributed by atoms with Crippen LogP contribution in [0.4, 0.5) is 10.1 Å². The van der Waals surface area contributed by atoms with Crippen LogP contribution in [0.1, 0.15) is 53.5 Å². The van der Waals surface area contributed by atoms with E-state index in [0.29, 0.717) is 41.8 Å².